The molecule has 0 aliphatic heterocycles. The summed E-state index contributed by atoms with van der Waals surface area (Å²) >= 11 is 0. The standard InChI is InChI=1S/C18H23N3O3/c1-3-18(4-2,12-19)17(23)21-14-9-7-13(8-10-14)20-16(22)15-6-5-11-24-15/h5-11H,3-4,12,19H2,1-2H3,(H,20,22)(H,21,23). The van der Waals surface area contributed by atoms with E-state index in [2.05, 4.69) is 10.6 Å². The Morgan fingerprint density at radius 1 is 1.04 bits per heavy atom. The van der Waals surface area contributed by atoms with Crippen LogP contribution in [0.3, 0.4) is 0 Å². The number of nitrogens with two attached hydrogens (primary N) is 1. The average Bonchev–Trinajstić information content (AvgIpc) is 3.13. The summed E-state index contributed by atoms with van der Waals surface area (Å²) in [6.45, 7) is 4.23. The van der Waals surface area contributed by atoms with Crippen molar-refractivity contribution in [1.29, 1.82) is 0 Å². The maximum Gasteiger partial charge on any atom is 0.291 e. The van der Waals surface area contributed by atoms with Crippen molar-refractivity contribution in [2.24, 2.45) is 11.1 Å². The van der Waals surface area contributed by atoms with Crippen molar-refractivity contribution in [3.63, 3.8) is 0 Å². The molecule has 6 heteroatoms. The zero-order valence-electron chi connectivity index (χ0n) is 14.0. The van der Waals surface area contributed by atoms with E-state index in [4.69, 9.17) is 10.2 Å². The maximum atomic E-state index is 12.5. The molecule has 0 saturated heterocycles. The number of hydrogen-bond acceptors (Lipinski definition) is 4. The molecule has 0 atom stereocenters. The predicted molar refractivity (Wildman–Crippen MR) is 93.8 cm³/mol. The Labute approximate surface area is 141 Å². The summed E-state index contributed by atoms with van der Waals surface area (Å²) in [4.78, 5) is 24.4. The minimum Gasteiger partial charge on any atom is -0.459 e. The Balaban J connectivity index is 2.02. The van der Waals surface area contributed by atoms with Crippen molar-refractivity contribution in [3.05, 3.63) is 48.4 Å². The van der Waals surface area contributed by atoms with E-state index in [1.807, 2.05) is 13.8 Å². The van der Waals surface area contributed by atoms with Crippen molar-refractivity contribution >= 4 is 23.2 Å². The van der Waals surface area contributed by atoms with Crippen LogP contribution in [0.25, 0.3) is 0 Å². The summed E-state index contributed by atoms with van der Waals surface area (Å²) < 4.78 is 5.04. The van der Waals surface area contributed by atoms with Crippen molar-refractivity contribution in [2.75, 3.05) is 17.2 Å². The highest BCUT2D eigenvalue weighted by Crippen LogP contribution is 2.27. The summed E-state index contributed by atoms with van der Waals surface area (Å²) in [5, 5.41) is 5.62. The number of benzene rings is 1. The second-order valence-corrected chi connectivity index (χ2v) is 5.65. The van der Waals surface area contributed by atoms with Gasteiger partial charge in [0.15, 0.2) is 5.76 Å². The van der Waals surface area contributed by atoms with Crippen LogP contribution < -0.4 is 16.4 Å². The van der Waals surface area contributed by atoms with Crippen LogP contribution in [0.2, 0.25) is 0 Å². The number of amides is 2. The average molecular weight is 329 g/mol. The molecule has 0 aliphatic carbocycles. The van der Waals surface area contributed by atoms with E-state index >= 15 is 0 Å². The number of anilines is 2. The van der Waals surface area contributed by atoms with Crippen LogP contribution in [0.15, 0.2) is 47.1 Å². The first-order valence-electron chi connectivity index (χ1n) is 8.01. The molecule has 1 aromatic carbocycles. The highest BCUT2D eigenvalue weighted by Gasteiger charge is 2.33. The largest absolute Gasteiger partial charge is 0.459 e. The van der Waals surface area contributed by atoms with Crippen LogP contribution >= 0.6 is 0 Å². The number of carbonyl (C=O) groups is 2. The van der Waals surface area contributed by atoms with Gasteiger partial charge in [0, 0.05) is 17.9 Å². The molecule has 0 bridgehead atoms. The van der Waals surface area contributed by atoms with Crippen molar-refractivity contribution < 1.29 is 14.0 Å². The van der Waals surface area contributed by atoms with Gasteiger partial charge in [-0.15, -0.1) is 0 Å². The van der Waals surface area contributed by atoms with Gasteiger partial charge in [0.2, 0.25) is 5.91 Å². The van der Waals surface area contributed by atoms with Crippen molar-refractivity contribution in [2.45, 2.75) is 26.7 Å². The quantitative estimate of drug-likeness (QED) is 0.726. The molecule has 0 fully saturated rings. The minimum atomic E-state index is -0.549. The van der Waals surface area contributed by atoms with Gasteiger partial charge in [-0.05, 0) is 49.2 Å². The second kappa shape index (κ2) is 7.79. The van der Waals surface area contributed by atoms with E-state index in [1.54, 1.807) is 36.4 Å². The molecule has 0 saturated carbocycles. The van der Waals surface area contributed by atoms with Gasteiger partial charge >= 0.3 is 0 Å². The Bertz CT molecular complexity index is 666. The molecule has 1 heterocycles. The molecule has 24 heavy (non-hydrogen) atoms. The highest BCUT2D eigenvalue weighted by molar-refractivity contribution is 6.02. The molecule has 128 valence electrons. The fourth-order valence-corrected chi connectivity index (χ4v) is 2.45. The summed E-state index contributed by atoms with van der Waals surface area (Å²) in [5.41, 5.74) is 6.52. The molecule has 2 amide bonds. The van der Waals surface area contributed by atoms with Gasteiger partial charge < -0.3 is 20.8 Å². The molecule has 0 spiro atoms. The van der Waals surface area contributed by atoms with Gasteiger partial charge in [-0.2, -0.15) is 0 Å². The number of furan rings is 1. The van der Waals surface area contributed by atoms with Crippen LogP contribution in [0.4, 0.5) is 11.4 Å². The number of nitrogens with one attached hydrogen (secondary N) is 2. The molecule has 1 aromatic heterocycles. The van der Waals surface area contributed by atoms with E-state index in [0.717, 1.165) is 0 Å². The van der Waals surface area contributed by atoms with Crippen LogP contribution in [-0.4, -0.2) is 18.4 Å². The topological polar surface area (TPSA) is 97.4 Å². The van der Waals surface area contributed by atoms with E-state index in [1.165, 1.54) is 6.26 Å². The molecule has 2 rings (SSSR count). The van der Waals surface area contributed by atoms with E-state index in [9.17, 15) is 9.59 Å². The first-order valence-corrected chi connectivity index (χ1v) is 8.01. The summed E-state index contributed by atoms with van der Waals surface area (Å²) in [7, 11) is 0. The Morgan fingerprint density at radius 2 is 1.62 bits per heavy atom. The number of rotatable bonds is 7. The summed E-state index contributed by atoms with van der Waals surface area (Å²) in [5.74, 6) is -0.163. The second-order valence-electron chi connectivity index (χ2n) is 5.65. The SMILES string of the molecule is CCC(CC)(CN)C(=O)Nc1ccc(NC(=O)c2ccco2)cc1. The smallest absolute Gasteiger partial charge is 0.291 e. The number of hydrogen-bond donors (Lipinski definition) is 3. The third-order valence-electron chi connectivity index (χ3n) is 4.37. The minimum absolute atomic E-state index is 0.0811. The van der Waals surface area contributed by atoms with Crippen LogP contribution in [0, 0.1) is 5.41 Å². The summed E-state index contributed by atoms with van der Waals surface area (Å²) in [6, 6.07) is 10.2. The van der Waals surface area contributed by atoms with Crippen molar-refractivity contribution in [3.8, 4) is 0 Å². The lowest BCUT2D eigenvalue weighted by Crippen LogP contribution is -2.41. The molecule has 4 N–H and O–H groups in total. The Morgan fingerprint density at radius 3 is 2.08 bits per heavy atom. The van der Waals surface area contributed by atoms with E-state index < -0.39 is 5.41 Å². The first kappa shape index (κ1) is 17.7. The van der Waals surface area contributed by atoms with E-state index in [0.29, 0.717) is 30.8 Å². The fourth-order valence-electron chi connectivity index (χ4n) is 2.45. The fraction of sp³-hybridized carbons (Fsp3) is 0.333. The maximum absolute atomic E-state index is 12.5. The third-order valence-corrected chi connectivity index (χ3v) is 4.37. The monoisotopic (exact) mass is 329 g/mol. The van der Waals surface area contributed by atoms with Gasteiger partial charge in [-0.3, -0.25) is 9.59 Å². The lowest BCUT2D eigenvalue weighted by Gasteiger charge is -2.28. The Kier molecular flexibility index (Phi) is 5.76. The molecule has 2 aromatic rings. The molecule has 0 radical (unpaired) electrons. The van der Waals surface area contributed by atoms with Crippen LogP contribution in [0.1, 0.15) is 37.2 Å². The van der Waals surface area contributed by atoms with Gasteiger partial charge in [0.25, 0.3) is 5.91 Å². The molecular formula is C18H23N3O3. The predicted octanol–water partition coefficient (Wildman–Crippen LogP) is 3.24. The van der Waals surface area contributed by atoms with Gasteiger partial charge in [-0.25, -0.2) is 0 Å². The zero-order chi connectivity index (χ0) is 17.6. The normalized spacial score (nSPS) is 11.1. The van der Waals surface area contributed by atoms with Gasteiger partial charge in [0.1, 0.15) is 0 Å². The van der Waals surface area contributed by atoms with Crippen LogP contribution in [-0.2, 0) is 4.79 Å². The molecule has 0 unspecified atom stereocenters. The van der Waals surface area contributed by atoms with Crippen molar-refractivity contribution in [1.82, 2.24) is 0 Å². The van der Waals surface area contributed by atoms with Crippen LogP contribution in [0.5, 0.6) is 0 Å². The lowest BCUT2D eigenvalue weighted by atomic mass is 9.81. The zero-order valence-corrected chi connectivity index (χ0v) is 14.0. The van der Waals surface area contributed by atoms with Gasteiger partial charge in [0.05, 0.1) is 11.7 Å². The Hall–Kier alpha value is -2.60. The summed E-state index contributed by atoms with van der Waals surface area (Å²) in [6.07, 6.45) is 2.81. The molecule has 6 nitrogen and oxygen atoms in total. The lowest BCUT2D eigenvalue weighted by molar-refractivity contribution is -0.125. The highest BCUT2D eigenvalue weighted by atomic mass is 16.3. The number of carbonyl (C=O) groups excluding carboxylic acids is 2. The molecule has 0 aliphatic rings. The van der Waals surface area contributed by atoms with Gasteiger partial charge in [-0.1, -0.05) is 13.8 Å². The first-order chi connectivity index (χ1) is 11.5. The van der Waals surface area contributed by atoms with E-state index in [-0.39, 0.29) is 17.6 Å². The molecular weight excluding hydrogens is 306 g/mol. The third kappa shape index (κ3) is 3.83.